The van der Waals surface area contributed by atoms with Crippen molar-refractivity contribution in [1.82, 2.24) is 5.32 Å². The van der Waals surface area contributed by atoms with Gasteiger partial charge in [0.25, 0.3) is 5.91 Å². The molecule has 1 aromatic rings. The number of esters is 1. The zero-order valence-corrected chi connectivity index (χ0v) is 12.4. The van der Waals surface area contributed by atoms with E-state index in [-0.39, 0.29) is 11.3 Å². The van der Waals surface area contributed by atoms with Crippen molar-refractivity contribution in [3.8, 4) is 11.8 Å². The van der Waals surface area contributed by atoms with Crippen molar-refractivity contribution < 1.29 is 19.4 Å². The molecule has 2 N–H and O–H groups in total. The highest BCUT2D eigenvalue weighted by atomic mass is 16.5. The molecule has 0 heterocycles. The maximum atomic E-state index is 11.9. The molecule has 22 heavy (non-hydrogen) atoms. The van der Waals surface area contributed by atoms with Gasteiger partial charge in [0, 0.05) is 0 Å². The minimum absolute atomic E-state index is 0.0173. The predicted molar refractivity (Wildman–Crippen MR) is 78.1 cm³/mol. The number of carbonyl (C=O) groups is 2. The van der Waals surface area contributed by atoms with Gasteiger partial charge in [-0.2, -0.15) is 5.26 Å². The summed E-state index contributed by atoms with van der Waals surface area (Å²) in [7, 11) is 0. The molecule has 1 saturated carbocycles. The summed E-state index contributed by atoms with van der Waals surface area (Å²) in [6.45, 7) is 1.19. The number of hydrogen-bond acceptors (Lipinski definition) is 5. The van der Waals surface area contributed by atoms with E-state index < -0.39 is 24.0 Å². The number of amides is 1. The van der Waals surface area contributed by atoms with Gasteiger partial charge < -0.3 is 15.2 Å². The number of aryl methyl sites for hydroxylation is 1. The average Bonchev–Trinajstić information content (AvgIpc) is 2.96. The van der Waals surface area contributed by atoms with Gasteiger partial charge in [-0.3, -0.25) is 4.79 Å². The number of ether oxygens (including phenoxy) is 1. The highest BCUT2D eigenvalue weighted by molar-refractivity contribution is 5.94. The number of nitrogens with zero attached hydrogens (tertiary/aromatic N) is 1. The van der Waals surface area contributed by atoms with Gasteiger partial charge in [0.15, 0.2) is 6.61 Å². The Morgan fingerprint density at radius 3 is 2.73 bits per heavy atom. The number of nitriles is 1. The van der Waals surface area contributed by atoms with Crippen LogP contribution in [0, 0.1) is 18.3 Å². The third kappa shape index (κ3) is 3.37. The summed E-state index contributed by atoms with van der Waals surface area (Å²) in [6, 6.07) is 6.84. The second-order valence-electron chi connectivity index (χ2n) is 5.50. The van der Waals surface area contributed by atoms with E-state index >= 15 is 0 Å². The smallest absolute Gasteiger partial charge is 0.342 e. The monoisotopic (exact) mass is 302 g/mol. The highest BCUT2D eigenvalue weighted by Crippen LogP contribution is 2.28. The second kappa shape index (κ2) is 6.48. The average molecular weight is 302 g/mol. The van der Waals surface area contributed by atoms with Crippen molar-refractivity contribution >= 4 is 11.9 Å². The Morgan fingerprint density at radius 1 is 1.41 bits per heavy atom. The van der Waals surface area contributed by atoms with Gasteiger partial charge in [-0.15, -0.1) is 0 Å². The van der Waals surface area contributed by atoms with E-state index in [1.165, 1.54) is 6.07 Å². The molecule has 1 aromatic carbocycles. The minimum Gasteiger partial charge on any atom is -0.507 e. The molecule has 6 heteroatoms. The fourth-order valence-electron chi connectivity index (χ4n) is 2.58. The lowest BCUT2D eigenvalue weighted by molar-refractivity contribution is -0.125. The van der Waals surface area contributed by atoms with Crippen LogP contribution >= 0.6 is 0 Å². The Balaban J connectivity index is 1.92. The third-order valence-electron chi connectivity index (χ3n) is 3.84. The highest BCUT2D eigenvalue weighted by Gasteiger charge is 2.35. The van der Waals surface area contributed by atoms with Crippen LogP contribution in [0.5, 0.6) is 5.75 Å². The maximum Gasteiger partial charge on any atom is 0.342 e. The number of para-hydroxylation sites is 1. The normalized spacial score (nSPS) is 15.8. The molecule has 0 radical (unpaired) electrons. The van der Waals surface area contributed by atoms with Crippen molar-refractivity contribution in [2.75, 3.05) is 6.61 Å². The number of phenolic OH excluding ortho intramolecular Hbond substituents is 1. The Hall–Kier alpha value is -2.55. The number of phenols is 1. The van der Waals surface area contributed by atoms with E-state index in [0.717, 1.165) is 12.8 Å². The maximum absolute atomic E-state index is 11.9. The Kier molecular flexibility index (Phi) is 4.66. The number of benzene rings is 1. The third-order valence-corrected chi connectivity index (χ3v) is 3.84. The first-order valence-electron chi connectivity index (χ1n) is 7.15. The number of aromatic hydroxyl groups is 1. The molecule has 0 aromatic heterocycles. The van der Waals surface area contributed by atoms with Crippen molar-refractivity contribution in [2.24, 2.45) is 0 Å². The van der Waals surface area contributed by atoms with Gasteiger partial charge >= 0.3 is 5.97 Å². The Morgan fingerprint density at radius 2 is 2.09 bits per heavy atom. The minimum atomic E-state index is -0.838. The molecule has 1 aliphatic carbocycles. The molecule has 6 nitrogen and oxygen atoms in total. The van der Waals surface area contributed by atoms with Crippen molar-refractivity contribution in [3.05, 3.63) is 29.3 Å². The van der Waals surface area contributed by atoms with Crippen LogP contribution < -0.4 is 5.32 Å². The van der Waals surface area contributed by atoms with Gasteiger partial charge in [0.05, 0.1) is 6.07 Å². The van der Waals surface area contributed by atoms with Gasteiger partial charge in [-0.1, -0.05) is 12.1 Å². The lowest BCUT2D eigenvalue weighted by atomic mass is 10.00. The van der Waals surface area contributed by atoms with E-state index in [4.69, 9.17) is 4.74 Å². The second-order valence-corrected chi connectivity index (χ2v) is 5.50. The number of rotatable bonds is 4. The lowest BCUT2D eigenvalue weighted by Crippen LogP contribution is -2.46. The first-order chi connectivity index (χ1) is 10.5. The molecule has 2 rings (SSSR count). The van der Waals surface area contributed by atoms with Crippen LogP contribution in [0.15, 0.2) is 18.2 Å². The van der Waals surface area contributed by atoms with Gasteiger partial charge in [0.2, 0.25) is 0 Å². The summed E-state index contributed by atoms with van der Waals surface area (Å²) in [5.74, 6) is -1.44. The summed E-state index contributed by atoms with van der Waals surface area (Å²) < 4.78 is 4.91. The van der Waals surface area contributed by atoms with Crippen LogP contribution in [-0.2, 0) is 9.53 Å². The van der Waals surface area contributed by atoms with Crippen LogP contribution in [0.25, 0.3) is 0 Å². The standard InChI is InChI=1S/C16H18N2O4/c1-11-5-4-6-12(14(11)20)15(21)22-9-13(19)18-16(10-17)7-2-3-8-16/h4-6,20H,2-3,7-9H2,1H3,(H,18,19). The molecule has 116 valence electrons. The van der Waals surface area contributed by atoms with Gasteiger partial charge in [-0.05, 0) is 44.2 Å². The number of hydrogen-bond donors (Lipinski definition) is 2. The summed E-state index contributed by atoms with van der Waals surface area (Å²) in [5, 5.41) is 21.6. The SMILES string of the molecule is Cc1cccc(C(=O)OCC(=O)NC2(C#N)CCCC2)c1O. The first-order valence-corrected chi connectivity index (χ1v) is 7.15. The topological polar surface area (TPSA) is 99.4 Å². The van der Waals surface area contributed by atoms with E-state index in [0.29, 0.717) is 18.4 Å². The van der Waals surface area contributed by atoms with Crippen LogP contribution in [0.1, 0.15) is 41.6 Å². The molecule has 0 unspecified atom stereocenters. The molecule has 1 aliphatic rings. The molecule has 0 spiro atoms. The van der Waals surface area contributed by atoms with Gasteiger partial charge in [-0.25, -0.2) is 4.79 Å². The van der Waals surface area contributed by atoms with Crippen LogP contribution in [0.3, 0.4) is 0 Å². The van der Waals surface area contributed by atoms with Crippen molar-refractivity contribution in [3.63, 3.8) is 0 Å². The fourth-order valence-corrected chi connectivity index (χ4v) is 2.58. The summed E-state index contributed by atoms with van der Waals surface area (Å²) >= 11 is 0. The van der Waals surface area contributed by atoms with Crippen molar-refractivity contribution in [1.29, 1.82) is 5.26 Å². The van der Waals surface area contributed by atoms with Crippen LogP contribution in [0.4, 0.5) is 0 Å². The molecular formula is C16H18N2O4. The molecule has 1 fully saturated rings. The predicted octanol–water partition coefficient (Wildman–Crippen LogP) is 1.81. The molecule has 1 amide bonds. The Labute approximate surface area is 128 Å². The quantitative estimate of drug-likeness (QED) is 0.826. The summed E-state index contributed by atoms with van der Waals surface area (Å²) in [6.07, 6.45) is 3.01. The van der Waals surface area contributed by atoms with Crippen LogP contribution in [-0.4, -0.2) is 29.1 Å². The van der Waals surface area contributed by atoms with E-state index in [2.05, 4.69) is 11.4 Å². The molecular weight excluding hydrogens is 284 g/mol. The number of nitrogens with one attached hydrogen (secondary N) is 1. The summed E-state index contributed by atoms with van der Waals surface area (Å²) in [5.41, 5.74) is -0.272. The van der Waals surface area contributed by atoms with E-state index in [9.17, 15) is 20.0 Å². The van der Waals surface area contributed by atoms with E-state index in [1.54, 1.807) is 19.1 Å². The molecule has 0 aliphatic heterocycles. The van der Waals surface area contributed by atoms with E-state index in [1.807, 2.05) is 0 Å². The summed E-state index contributed by atoms with van der Waals surface area (Å²) in [4.78, 5) is 23.7. The zero-order valence-electron chi connectivity index (χ0n) is 12.4. The number of carbonyl (C=O) groups excluding carboxylic acids is 2. The Bertz CT molecular complexity index is 628. The largest absolute Gasteiger partial charge is 0.507 e. The molecule has 0 saturated heterocycles. The first kappa shape index (κ1) is 15.8. The van der Waals surface area contributed by atoms with Crippen molar-refractivity contribution in [2.45, 2.75) is 38.1 Å². The fraction of sp³-hybridized carbons (Fsp3) is 0.438. The molecule has 0 atom stereocenters. The zero-order chi connectivity index (χ0) is 16.2. The van der Waals surface area contributed by atoms with Gasteiger partial charge in [0.1, 0.15) is 16.9 Å². The lowest BCUT2D eigenvalue weighted by Gasteiger charge is -2.21. The molecule has 0 bridgehead atoms. The van der Waals surface area contributed by atoms with Crippen LogP contribution in [0.2, 0.25) is 0 Å².